The fourth-order valence-corrected chi connectivity index (χ4v) is 3.03. The van der Waals surface area contributed by atoms with E-state index in [4.69, 9.17) is 9.47 Å². The standard InChI is InChI=1S/C18H18N4O4S/c1-11-4-7-15-20-17(21-18(24)22(15)9-11)27-10-16(23)19-13-8-12(25-2)5-6-14(13)26-3/h4-9H,10H2,1-3H3,(H,19,23). The van der Waals surface area contributed by atoms with Crippen LogP contribution in [0.1, 0.15) is 5.56 Å². The van der Waals surface area contributed by atoms with E-state index >= 15 is 0 Å². The zero-order valence-corrected chi connectivity index (χ0v) is 15.9. The molecule has 0 atom stereocenters. The predicted molar refractivity (Wildman–Crippen MR) is 103 cm³/mol. The molecule has 1 amide bonds. The van der Waals surface area contributed by atoms with E-state index in [0.717, 1.165) is 17.3 Å². The van der Waals surface area contributed by atoms with Crippen LogP contribution in [0, 0.1) is 6.92 Å². The number of hydrogen-bond donors (Lipinski definition) is 1. The van der Waals surface area contributed by atoms with E-state index < -0.39 is 5.69 Å². The molecule has 3 rings (SSSR count). The first-order valence-corrected chi connectivity index (χ1v) is 9.00. The van der Waals surface area contributed by atoms with Gasteiger partial charge >= 0.3 is 5.69 Å². The van der Waals surface area contributed by atoms with Crippen LogP contribution in [-0.2, 0) is 4.79 Å². The summed E-state index contributed by atoms with van der Waals surface area (Å²) < 4.78 is 11.8. The highest BCUT2D eigenvalue weighted by Crippen LogP contribution is 2.29. The zero-order chi connectivity index (χ0) is 19.4. The van der Waals surface area contributed by atoms with Crippen LogP contribution in [0.15, 0.2) is 46.5 Å². The lowest BCUT2D eigenvalue weighted by Crippen LogP contribution is -2.20. The minimum atomic E-state index is -0.430. The number of benzene rings is 1. The molecule has 27 heavy (non-hydrogen) atoms. The average molecular weight is 386 g/mol. The number of aryl methyl sites for hydroxylation is 1. The first kappa shape index (κ1) is 18.7. The molecule has 2 heterocycles. The minimum absolute atomic E-state index is 0.0435. The van der Waals surface area contributed by atoms with Gasteiger partial charge in [-0.3, -0.25) is 9.20 Å². The Hall–Kier alpha value is -3.07. The molecule has 8 nitrogen and oxygen atoms in total. The molecule has 0 fully saturated rings. The molecule has 2 aromatic heterocycles. The van der Waals surface area contributed by atoms with E-state index in [1.807, 2.05) is 13.0 Å². The van der Waals surface area contributed by atoms with E-state index in [1.165, 1.54) is 11.5 Å². The Morgan fingerprint density at radius 1 is 1.19 bits per heavy atom. The van der Waals surface area contributed by atoms with E-state index in [9.17, 15) is 9.59 Å². The van der Waals surface area contributed by atoms with E-state index in [0.29, 0.717) is 22.8 Å². The van der Waals surface area contributed by atoms with Crippen molar-refractivity contribution >= 4 is 29.0 Å². The maximum atomic E-state index is 12.3. The van der Waals surface area contributed by atoms with E-state index in [2.05, 4.69) is 15.3 Å². The molecule has 0 saturated heterocycles. The lowest BCUT2D eigenvalue weighted by Gasteiger charge is -2.11. The molecule has 1 aromatic carbocycles. The number of rotatable bonds is 6. The van der Waals surface area contributed by atoms with Crippen molar-refractivity contribution in [3.63, 3.8) is 0 Å². The van der Waals surface area contributed by atoms with Crippen LogP contribution in [0.4, 0.5) is 5.69 Å². The minimum Gasteiger partial charge on any atom is -0.497 e. The summed E-state index contributed by atoms with van der Waals surface area (Å²) in [7, 11) is 3.06. The first-order valence-electron chi connectivity index (χ1n) is 8.02. The lowest BCUT2D eigenvalue weighted by atomic mass is 10.2. The Morgan fingerprint density at radius 2 is 2.00 bits per heavy atom. The molecule has 3 aromatic rings. The van der Waals surface area contributed by atoms with Crippen molar-refractivity contribution in [2.45, 2.75) is 12.1 Å². The number of pyridine rings is 1. The number of nitrogens with one attached hydrogen (secondary N) is 1. The van der Waals surface area contributed by atoms with Gasteiger partial charge in [0.25, 0.3) is 0 Å². The molecular weight excluding hydrogens is 368 g/mol. The van der Waals surface area contributed by atoms with Crippen molar-refractivity contribution in [3.05, 3.63) is 52.6 Å². The molecule has 0 aliphatic rings. The second kappa shape index (κ2) is 8.09. The summed E-state index contributed by atoms with van der Waals surface area (Å²) >= 11 is 1.08. The number of nitrogens with zero attached hydrogens (tertiary/aromatic N) is 3. The molecule has 9 heteroatoms. The van der Waals surface area contributed by atoms with Gasteiger partial charge < -0.3 is 14.8 Å². The third-order valence-corrected chi connectivity index (χ3v) is 4.54. The van der Waals surface area contributed by atoms with Gasteiger partial charge in [-0.25, -0.2) is 9.78 Å². The number of carbonyl (C=O) groups excluding carboxylic acids is 1. The quantitative estimate of drug-likeness (QED) is 0.649. The largest absolute Gasteiger partial charge is 0.497 e. The second-order valence-corrected chi connectivity index (χ2v) is 6.57. The Labute approximate surface area is 159 Å². The SMILES string of the molecule is COc1ccc(OC)c(NC(=O)CSc2nc(=O)n3cc(C)ccc3n2)c1. The molecule has 0 saturated carbocycles. The topological polar surface area (TPSA) is 94.8 Å². The fourth-order valence-electron chi connectivity index (χ4n) is 2.39. The van der Waals surface area contributed by atoms with E-state index in [-0.39, 0.29) is 16.8 Å². The maximum absolute atomic E-state index is 12.3. The van der Waals surface area contributed by atoms with Crippen molar-refractivity contribution in [1.29, 1.82) is 0 Å². The van der Waals surface area contributed by atoms with Gasteiger partial charge in [-0.1, -0.05) is 17.8 Å². The number of amides is 1. The van der Waals surface area contributed by atoms with Gasteiger partial charge in [0, 0.05) is 12.3 Å². The number of thioether (sulfide) groups is 1. The summed E-state index contributed by atoms with van der Waals surface area (Å²) in [6.45, 7) is 1.88. The van der Waals surface area contributed by atoms with Gasteiger partial charge in [0.2, 0.25) is 5.91 Å². The monoisotopic (exact) mass is 386 g/mol. The Kier molecular flexibility index (Phi) is 5.60. The Balaban J connectivity index is 1.72. The smallest absolute Gasteiger partial charge is 0.355 e. The Bertz CT molecular complexity index is 1050. The molecule has 0 aliphatic heterocycles. The van der Waals surface area contributed by atoms with Crippen molar-refractivity contribution in [1.82, 2.24) is 14.4 Å². The van der Waals surface area contributed by atoms with Gasteiger partial charge in [0.15, 0.2) is 5.16 Å². The van der Waals surface area contributed by atoms with E-state index in [1.54, 1.807) is 37.6 Å². The van der Waals surface area contributed by atoms with Gasteiger partial charge in [0.05, 0.1) is 25.7 Å². The number of carbonyl (C=O) groups is 1. The summed E-state index contributed by atoms with van der Waals surface area (Å²) in [6, 6.07) is 8.71. The molecule has 1 N–H and O–H groups in total. The second-order valence-electron chi connectivity index (χ2n) is 5.63. The average Bonchev–Trinajstić information content (AvgIpc) is 2.67. The number of aromatic nitrogens is 3. The zero-order valence-electron chi connectivity index (χ0n) is 15.1. The fraction of sp³-hybridized carbons (Fsp3) is 0.222. The van der Waals surface area contributed by atoms with Gasteiger partial charge in [-0.15, -0.1) is 0 Å². The summed E-state index contributed by atoms with van der Waals surface area (Å²) in [5.41, 5.74) is 1.48. The van der Waals surface area contributed by atoms with Crippen LogP contribution in [0.25, 0.3) is 5.65 Å². The van der Waals surface area contributed by atoms with Crippen LogP contribution in [-0.4, -0.2) is 40.2 Å². The van der Waals surface area contributed by atoms with Crippen molar-refractivity contribution in [2.75, 3.05) is 25.3 Å². The van der Waals surface area contributed by atoms with Crippen molar-refractivity contribution in [3.8, 4) is 11.5 Å². The highest BCUT2D eigenvalue weighted by atomic mass is 32.2. The lowest BCUT2D eigenvalue weighted by molar-refractivity contribution is -0.113. The van der Waals surface area contributed by atoms with Crippen LogP contribution >= 0.6 is 11.8 Å². The third-order valence-electron chi connectivity index (χ3n) is 3.70. The van der Waals surface area contributed by atoms with Crippen LogP contribution in [0.2, 0.25) is 0 Å². The van der Waals surface area contributed by atoms with Gasteiger partial charge in [-0.2, -0.15) is 4.98 Å². The number of methoxy groups -OCH3 is 2. The molecule has 0 aliphatic carbocycles. The molecular formula is C18H18N4O4S. The molecule has 0 radical (unpaired) electrons. The predicted octanol–water partition coefficient (Wildman–Crippen LogP) is 2.15. The summed E-state index contributed by atoms with van der Waals surface area (Å²) in [5.74, 6) is 0.880. The summed E-state index contributed by atoms with van der Waals surface area (Å²) in [5, 5.41) is 3.01. The highest BCUT2D eigenvalue weighted by Gasteiger charge is 2.12. The molecule has 0 spiro atoms. The molecule has 0 bridgehead atoms. The van der Waals surface area contributed by atoms with Gasteiger partial charge in [-0.05, 0) is 30.7 Å². The number of ether oxygens (including phenoxy) is 2. The molecule has 140 valence electrons. The first-order chi connectivity index (χ1) is 13.0. The summed E-state index contributed by atoms with van der Waals surface area (Å²) in [4.78, 5) is 32.6. The van der Waals surface area contributed by atoms with Crippen LogP contribution < -0.4 is 20.5 Å². The summed E-state index contributed by atoms with van der Waals surface area (Å²) in [6.07, 6.45) is 1.67. The number of anilines is 1. The van der Waals surface area contributed by atoms with Gasteiger partial charge in [0.1, 0.15) is 17.1 Å². The molecule has 0 unspecified atom stereocenters. The van der Waals surface area contributed by atoms with Crippen molar-refractivity contribution in [2.24, 2.45) is 0 Å². The van der Waals surface area contributed by atoms with Crippen LogP contribution in [0.5, 0.6) is 11.5 Å². The van der Waals surface area contributed by atoms with Crippen LogP contribution in [0.3, 0.4) is 0 Å². The van der Waals surface area contributed by atoms with Crippen molar-refractivity contribution < 1.29 is 14.3 Å². The Morgan fingerprint density at radius 3 is 2.74 bits per heavy atom. The highest BCUT2D eigenvalue weighted by molar-refractivity contribution is 7.99. The maximum Gasteiger partial charge on any atom is 0.355 e. The number of fused-ring (bicyclic) bond motifs is 1. The third kappa shape index (κ3) is 4.37. The normalized spacial score (nSPS) is 10.6. The number of hydrogen-bond acceptors (Lipinski definition) is 7.